The Morgan fingerprint density at radius 2 is 2.19 bits per heavy atom. The summed E-state index contributed by atoms with van der Waals surface area (Å²) >= 11 is 0. The summed E-state index contributed by atoms with van der Waals surface area (Å²) in [6, 6.07) is 4.18. The van der Waals surface area contributed by atoms with Gasteiger partial charge in [0.1, 0.15) is 17.2 Å². The fourth-order valence-electron chi connectivity index (χ4n) is 1.47. The number of benzene rings is 1. The van der Waals surface area contributed by atoms with Crippen LogP contribution in [0.15, 0.2) is 28.9 Å². The number of fused-ring (bicyclic) bond motifs is 1. The molecule has 1 heterocycles. The molecule has 0 aliphatic heterocycles. The molecule has 0 fully saturated rings. The average Bonchev–Trinajstić information content (AvgIpc) is 2.71. The summed E-state index contributed by atoms with van der Waals surface area (Å²) in [7, 11) is 0. The highest BCUT2D eigenvalue weighted by Gasteiger charge is 2.21. The zero-order valence-electron chi connectivity index (χ0n) is 7.88. The molecule has 16 heavy (non-hydrogen) atoms. The number of Topliss-reactive ketones (excluding diaryl/α,β-unsaturated/α-hetero) is 1. The van der Waals surface area contributed by atoms with Crippen LogP contribution in [0.4, 0.5) is 5.69 Å². The van der Waals surface area contributed by atoms with E-state index in [4.69, 9.17) is 4.42 Å². The second kappa shape index (κ2) is 3.58. The molecule has 0 aliphatic rings. The minimum atomic E-state index is -0.840. The molecule has 6 heteroatoms. The van der Waals surface area contributed by atoms with Gasteiger partial charge in [-0.15, -0.1) is 0 Å². The van der Waals surface area contributed by atoms with E-state index in [9.17, 15) is 19.7 Å². The van der Waals surface area contributed by atoms with Gasteiger partial charge in [0.25, 0.3) is 5.69 Å². The zero-order valence-corrected chi connectivity index (χ0v) is 7.88. The smallest absolute Gasteiger partial charge is 0.281 e. The molecule has 0 atom stereocenters. The molecule has 0 saturated heterocycles. The normalized spacial score (nSPS) is 10.2. The summed E-state index contributed by atoms with van der Waals surface area (Å²) in [4.78, 5) is 31.7. The maximum absolute atomic E-state index is 11.2. The monoisotopic (exact) mass is 219 g/mol. The maximum Gasteiger partial charge on any atom is 0.281 e. The molecule has 0 unspecified atom stereocenters. The Morgan fingerprint density at radius 3 is 2.81 bits per heavy atom. The number of furan rings is 1. The number of nitro groups is 1. The summed E-state index contributed by atoms with van der Waals surface area (Å²) in [5.41, 5.74) is -0.131. The van der Waals surface area contributed by atoms with Crippen molar-refractivity contribution in [2.45, 2.75) is 0 Å². The lowest BCUT2D eigenvalue weighted by Gasteiger charge is -1.93. The van der Waals surface area contributed by atoms with Crippen molar-refractivity contribution < 1.29 is 18.9 Å². The van der Waals surface area contributed by atoms with E-state index in [1.165, 1.54) is 18.2 Å². The van der Waals surface area contributed by atoms with E-state index in [2.05, 4.69) is 0 Å². The number of rotatable bonds is 3. The lowest BCUT2D eigenvalue weighted by molar-refractivity contribution is -0.383. The van der Waals surface area contributed by atoms with Gasteiger partial charge in [-0.25, -0.2) is 0 Å². The second-order valence-electron chi connectivity index (χ2n) is 3.04. The number of carbonyl (C=O) groups is 2. The minimum Gasteiger partial charge on any atom is -0.463 e. The summed E-state index contributed by atoms with van der Waals surface area (Å²) in [6.45, 7) is 0. The summed E-state index contributed by atoms with van der Waals surface area (Å²) in [5, 5.41) is 10.8. The van der Waals surface area contributed by atoms with E-state index in [0.29, 0.717) is 0 Å². The first-order valence-electron chi connectivity index (χ1n) is 4.29. The molecule has 0 bridgehead atoms. The third-order valence-electron chi connectivity index (χ3n) is 2.15. The number of nitro benzene ring substituents is 1. The van der Waals surface area contributed by atoms with Crippen LogP contribution >= 0.6 is 0 Å². The van der Waals surface area contributed by atoms with E-state index >= 15 is 0 Å². The van der Waals surface area contributed by atoms with Crippen molar-refractivity contribution in [2.75, 3.05) is 0 Å². The Labute approximate surface area is 88.6 Å². The van der Waals surface area contributed by atoms with Crippen LogP contribution in [0.2, 0.25) is 0 Å². The van der Waals surface area contributed by atoms with E-state index in [1.54, 1.807) is 0 Å². The first kappa shape index (κ1) is 10.0. The van der Waals surface area contributed by atoms with Gasteiger partial charge in [0.05, 0.1) is 10.5 Å². The molecule has 0 saturated carbocycles. The Bertz CT molecular complexity index is 598. The number of carbonyl (C=O) groups excluding carboxylic acids is 2. The van der Waals surface area contributed by atoms with Crippen LogP contribution in [-0.4, -0.2) is 17.0 Å². The maximum atomic E-state index is 11.2. The van der Waals surface area contributed by atoms with Crippen molar-refractivity contribution in [3.05, 3.63) is 40.1 Å². The van der Waals surface area contributed by atoms with Gasteiger partial charge in [0, 0.05) is 6.07 Å². The number of aldehydes is 1. The van der Waals surface area contributed by atoms with Crippen molar-refractivity contribution in [3.8, 4) is 0 Å². The number of hydrogen-bond acceptors (Lipinski definition) is 5. The van der Waals surface area contributed by atoms with Crippen molar-refractivity contribution in [3.63, 3.8) is 0 Å². The van der Waals surface area contributed by atoms with Crippen molar-refractivity contribution >= 4 is 28.7 Å². The third kappa shape index (κ3) is 1.36. The number of nitrogens with zero attached hydrogens (tertiary/aromatic N) is 1. The van der Waals surface area contributed by atoms with Crippen LogP contribution in [0, 0.1) is 10.1 Å². The molecule has 0 radical (unpaired) electrons. The SMILES string of the molecule is O=CC(=O)c1coc2cccc([N+](=O)[O-])c12. The van der Waals surface area contributed by atoms with Crippen LogP contribution in [0.25, 0.3) is 11.0 Å². The van der Waals surface area contributed by atoms with E-state index in [0.717, 1.165) is 6.26 Å². The third-order valence-corrected chi connectivity index (χ3v) is 2.15. The van der Waals surface area contributed by atoms with Gasteiger partial charge in [-0.2, -0.15) is 0 Å². The predicted molar refractivity (Wildman–Crippen MR) is 53.3 cm³/mol. The predicted octanol–water partition coefficient (Wildman–Crippen LogP) is 1.72. The van der Waals surface area contributed by atoms with Crippen molar-refractivity contribution in [2.24, 2.45) is 0 Å². The molecule has 0 N–H and O–H groups in total. The summed E-state index contributed by atoms with van der Waals surface area (Å²) < 4.78 is 4.98. The molecule has 0 spiro atoms. The molecular formula is C10H5NO5. The van der Waals surface area contributed by atoms with Crippen molar-refractivity contribution in [1.29, 1.82) is 0 Å². The highest BCUT2D eigenvalue weighted by atomic mass is 16.6. The molecule has 2 rings (SSSR count). The number of hydrogen-bond donors (Lipinski definition) is 0. The summed E-state index contributed by atoms with van der Waals surface area (Å²) in [6.07, 6.45) is 1.15. The first-order valence-corrected chi connectivity index (χ1v) is 4.29. The molecular weight excluding hydrogens is 214 g/mol. The van der Waals surface area contributed by atoms with Gasteiger partial charge in [-0.05, 0) is 6.07 Å². The standard InChI is InChI=1S/C10H5NO5/c12-4-8(13)6-5-16-9-3-1-2-7(10(6)9)11(14)15/h1-5H. The quantitative estimate of drug-likeness (QED) is 0.258. The van der Waals surface area contributed by atoms with Crippen LogP contribution < -0.4 is 0 Å². The van der Waals surface area contributed by atoms with Gasteiger partial charge in [-0.1, -0.05) is 6.07 Å². The molecule has 0 amide bonds. The fourth-order valence-corrected chi connectivity index (χ4v) is 1.47. The second-order valence-corrected chi connectivity index (χ2v) is 3.04. The highest BCUT2D eigenvalue weighted by Crippen LogP contribution is 2.30. The molecule has 6 nitrogen and oxygen atoms in total. The Kier molecular flexibility index (Phi) is 2.24. The number of ketones is 1. The van der Waals surface area contributed by atoms with E-state index in [-0.39, 0.29) is 28.5 Å². The van der Waals surface area contributed by atoms with E-state index in [1.807, 2.05) is 0 Å². The van der Waals surface area contributed by atoms with Gasteiger partial charge in [0.15, 0.2) is 6.29 Å². The van der Waals surface area contributed by atoms with Gasteiger partial charge >= 0.3 is 0 Å². The van der Waals surface area contributed by atoms with Crippen LogP contribution in [0.5, 0.6) is 0 Å². The molecule has 1 aromatic carbocycles. The Hall–Kier alpha value is -2.50. The van der Waals surface area contributed by atoms with Crippen LogP contribution in [0.1, 0.15) is 10.4 Å². The van der Waals surface area contributed by atoms with Crippen LogP contribution in [0.3, 0.4) is 0 Å². The van der Waals surface area contributed by atoms with Gasteiger partial charge in [-0.3, -0.25) is 19.7 Å². The molecule has 80 valence electrons. The Morgan fingerprint density at radius 1 is 1.44 bits per heavy atom. The van der Waals surface area contributed by atoms with Crippen molar-refractivity contribution in [1.82, 2.24) is 0 Å². The molecule has 1 aromatic heterocycles. The molecule has 2 aromatic rings. The zero-order chi connectivity index (χ0) is 11.7. The molecule has 0 aliphatic carbocycles. The first-order chi connectivity index (χ1) is 7.65. The minimum absolute atomic E-state index is 0.0598. The van der Waals surface area contributed by atoms with E-state index < -0.39 is 10.7 Å². The lowest BCUT2D eigenvalue weighted by atomic mass is 10.1. The van der Waals surface area contributed by atoms with Gasteiger partial charge < -0.3 is 4.42 Å². The number of non-ortho nitro benzene ring substituents is 1. The Balaban J connectivity index is 2.82. The largest absolute Gasteiger partial charge is 0.463 e. The average molecular weight is 219 g/mol. The fraction of sp³-hybridized carbons (Fsp3) is 0. The van der Waals surface area contributed by atoms with Gasteiger partial charge in [0.2, 0.25) is 5.78 Å². The topological polar surface area (TPSA) is 90.4 Å². The highest BCUT2D eigenvalue weighted by molar-refractivity contribution is 6.36. The summed E-state index contributed by atoms with van der Waals surface area (Å²) in [5.74, 6) is -0.840. The lowest BCUT2D eigenvalue weighted by Crippen LogP contribution is -1.99. The van der Waals surface area contributed by atoms with Crippen LogP contribution in [-0.2, 0) is 4.79 Å².